The maximum Gasteiger partial charge on any atom is 0.178 e. The number of hydrogen-bond donors (Lipinski definition) is 0. The number of nitriles is 1. The average Bonchev–Trinajstić information content (AvgIpc) is 2.81. The van der Waals surface area contributed by atoms with Crippen LogP contribution in [0.2, 0.25) is 0 Å². The first-order chi connectivity index (χ1) is 17.2. The van der Waals surface area contributed by atoms with Gasteiger partial charge in [-0.15, -0.1) is 0 Å². The zero-order valence-electron chi connectivity index (χ0n) is 26.3. The van der Waals surface area contributed by atoms with E-state index in [4.69, 9.17) is 0 Å². The third kappa shape index (κ3) is 6.03. The fourth-order valence-corrected chi connectivity index (χ4v) is 8.26. The molecule has 0 spiro atoms. The number of hydrogen-bond acceptors (Lipinski definition) is 4. The van der Waals surface area contributed by atoms with Crippen molar-refractivity contribution < 1.29 is 14.4 Å². The van der Waals surface area contributed by atoms with Crippen molar-refractivity contribution in [1.82, 2.24) is 0 Å². The monoisotopic (exact) mass is 525 g/mol. The predicted molar refractivity (Wildman–Crippen MR) is 155 cm³/mol. The molecule has 0 bridgehead atoms. The Morgan fingerprint density at radius 2 is 1.63 bits per heavy atom. The molecular formula is C34H55NO3. The van der Waals surface area contributed by atoms with E-state index in [1.54, 1.807) is 6.92 Å². The number of fused-ring (bicyclic) bond motifs is 1. The maximum atomic E-state index is 13.2. The molecule has 0 amide bonds. The first-order valence-corrected chi connectivity index (χ1v) is 14.9. The Hall–Kier alpha value is -1.76. The van der Waals surface area contributed by atoms with E-state index in [1.165, 1.54) is 6.29 Å². The molecule has 0 aromatic carbocycles. The van der Waals surface area contributed by atoms with E-state index in [-0.39, 0.29) is 50.6 Å². The van der Waals surface area contributed by atoms with Crippen LogP contribution in [0.3, 0.4) is 0 Å². The molecule has 0 unspecified atom stereocenters. The lowest BCUT2D eigenvalue weighted by molar-refractivity contribution is -0.156. The summed E-state index contributed by atoms with van der Waals surface area (Å²) in [7, 11) is 0. The van der Waals surface area contributed by atoms with Gasteiger partial charge in [-0.3, -0.25) is 4.79 Å². The SMILES string of the molecule is CCCC(C)(C)CC[C@](C)(C=O)CCC(C)(C)[C@]1(C)CC[C@H]2C(C)(C)C(=O)C(C#N)=C[C@]2(C)[C@H]1CC(C)=O. The van der Waals surface area contributed by atoms with Crippen molar-refractivity contribution in [3.05, 3.63) is 11.6 Å². The Morgan fingerprint density at radius 3 is 2.13 bits per heavy atom. The van der Waals surface area contributed by atoms with Crippen molar-refractivity contribution in [1.29, 1.82) is 5.26 Å². The molecule has 0 saturated heterocycles. The van der Waals surface area contributed by atoms with Crippen LogP contribution in [0.4, 0.5) is 0 Å². The first-order valence-electron chi connectivity index (χ1n) is 14.9. The predicted octanol–water partition coefficient (Wildman–Crippen LogP) is 8.68. The summed E-state index contributed by atoms with van der Waals surface area (Å²) >= 11 is 0. The van der Waals surface area contributed by atoms with Crippen molar-refractivity contribution >= 4 is 17.9 Å². The van der Waals surface area contributed by atoms with Gasteiger partial charge in [-0.2, -0.15) is 5.26 Å². The van der Waals surface area contributed by atoms with E-state index >= 15 is 0 Å². The van der Waals surface area contributed by atoms with Crippen LogP contribution in [-0.4, -0.2) is 17.9 Å². The highest BCUT2D eigenvalue weighted by atomic mass is 16.1. The summed E-state index contributed by atoms with van der Waals surface area (Å²) in [5, 5.41) is 9.86. The Bertz CT molecular complexity index is 996. The molecule has 38 heavy (non-hydrogen) atoms. The molecular weight excluding hydrogens is 470 g/mol. The molecule has 0 N–H and O–H groups in total. The number of carbonyl (C=O) groups excluding carboxylic acids is 3. The molecule has 1 saturated carbocycles. The highest BCUT2D eigenvalue weighted by Gasteiger charge is 2.63. The van der Waals surface area contributed by atoms with Crippen LogP contribution < -0.4 is 0 Å². The van der Waals surface area contributed by atoms with Gasteiger partial charge < -0.3 is 9.59 Å². The third-order valence-corrected chi connectivity index (χ3v) is 11.4. The molecule has 5 atom stereocenters. The number of rotatable bonds is 12. The summed E-state index contributed by atoms with van der Waals surface area (Å²) in [5.74, 6) is 0.160. The van der Waals surface area contributed by atoms with Crippen molar-refractivity contribution in [2.45, 2.75) is 134 Å². The van der Waals surface area contributed by atoms with Crippen molar-refractivity contribution in [2.75, 3.05) is 0 Å². The molecule has 4 nitrogen and oxygen atoms in total. The minimum atomic E-state index is -0.642. The molecule has 0 aromatic heterocycles. The van der Waals surface area contributed by atoms with Crippen molar-refractivity contribution in [3.8, 4) is 6.07 Å². The zero-order chi connectivity index (χ0) is 29.4. The van der Waals surface area contributed by atoms with Crippen LogP contribution in [-0.2, 0) is 14.4 Å². The summed E-state index contributed by atoms with van der Waals surface area (Å²) in [6, 6.07) is 2.18. The van der Waals surface area contributed by atoms with Gasteiger partial charge in [0.2, 0.25) is 0 Å². The fraction of sp³-hybridized carbons (Fsp3) is 0.824. The van der Waals surface area contributed by atoms with Crippen LogP contribution in [0.15, 0.2) is 11.6 Å². The summed E-state index contributed by atoms with van der Waals surface area (Å²) in [4.78, 5) is 38.3. The van der Waals surface area contributed by atoms with Crippen LogP contribution in [0.1, 0.15) is 134 Å². The number of Topliss-reactive ketones (excluding diaryl/α,β-unsaturated/α-hetero) is 2. The van der Waals surface area contributed by atoms with E-state index in [1.807, 2.05) is 19.9 Å². The summed E-state index contributed by atoms with van der Waals surface area (Å²) in [5.41, 5.74) is -1.31. The molecule has 0 aliphatic heterocycles. The number of ketones is 2. The molecule has 0 heterocycles. The number of nitrogens with zero attached hydrogens (tertiary/aromatic N) is 1. The van der Waals surface area contributed by atoms with Crippen LogP contribution in [0, 0.1) is 55.7 Å². The molecule has 214 valence electrons. The molecule has 2 aliphatic carbocycles. The summed E-state index contributed by atoms with van der Waals surface area (Å²) in [6.45, 7) is 23.7. The molecule has 1 fully saturated rings. The highest BCUT2D eigenvalue weighted by Crippen LogP contribution is 2.68. The number of aldehydes is 1. The lowest BCUT2D eigenvalue weighted by Gasteiger charge is -2.64. The van der Waals surface area contributed by atoms with Gasteiger partial charge in [0.1, 0.15) is 18.1 Å². The quantitative estimate of drug-likeness (QED) is 0.239. The largest absolute Gasteiger partial charge is 0.303 e. The zero-order valence-corrected chi connectivity index (χ0v) is 26.3. The normalized spacial score (nSPS) is 31.0. The second-order valence-corrected chi connectivity index (χ2v) is 15.6. The minimum absolute atomic E-state index is 0.00273. The third-order valence-electron chi connectivity index (χ3n) is 11.4. The maximum absolute atomic E-state index is 13.2. The molecule has 2 aliphatic rings. The lowest BCUT2D eigenvalue weighted by atomic mass is 9.39. The van der Waals surface area contributed by atoms with Gasteiger partial charge in [-0.05, 0) is 85.4 Å². The van der Waals surface area contributed by atoms with Gasteiger partial charge in [0, 0.05) is 17.3 Å². The Morgan fingerprint density at radius 1 is 1.05 bits per heavy atom. The van der Waals surface area contributed by atoms with Gasteiger partial charge in [-0.1, -0.05) is 81.7 Å². The Labute approximate surface area is 233 Å². The van der Waals surface area contributed by atoms with E-state index < -0.39 is 10.8 Å². The lowest BCUT2D eigenvalue weighted by Crippen LogP contribution is -2.60. The van der Waals surface area contributed by atoms with Crippen LogP contribution in [0.5, 0.6) is 0 Å². The van der Waals surface area contributed by atoms with Crippen LogP contribution in [0.25, 0.3) is 0 Å². The highest BCUT2D eigenvalue weighted by molar-refractivity contribution is 6.04. The number of allylic oxidation sites excluding steroid dienone is 2. The molecule has 2 rings (SSSR count). The van der Waals surface area contributed by atoms with Gasteiger partial charge in [-0.25, -0.2) is 0 Å². The average molecular weight is 526 g/mol. The minimum Gasteiger partial charge on any atom is -0.303 e. The summed E-state index contributed by atoms with van der Waals surface area (Å²) in [6.07, 6.45) is 11.3. The van der Waals surface area contributed by atoms with Crippen LogP contribution >= 0.6 is 0 Å². The fourth-order valence-electron chi connectivity index (χ4n) is 8.26. The second-order valence-electron chi connectivity index (χ2n) is 15.6. The Kier molecular flexibility index (Phi) is 9.41. The van der Waals surface area contributed by atoms with Crippen molar-refractivity contribution in [2.24, 2.45) is 44.3 Å². The van der Waals surface area contributed by atoms with Gasteiger partial charge >= 0.3 is 0 Å². The van der Waals surface area contributed by atoms with Gasteiger partial charge in [0.05, 0.1) is 5.57 Å². The molecule has 0 radical (unpaired) electrons. The van der Waals surface area contributed by atoms with Crippen molar-refractivity contribution in [3.63, 3.8) is 0 Å². The van der Waals surface area contributed by atoms with E-state index in [0.717, 1.165) is 51.4 Å². The smallest absolute Gasteiger partial charge is 0.178 e. The van der Waals surface area contributed by atoms with Gasteiger partial charge in [0.15, 0.2) is 5.78 Å². The molecule has 4 heteroatoms. The van der Waals surface area contributed by atoms with Gasteiger partial charge in [0.25, 0.3) is 0 Å². The Balaban J connectivity index is 2.45. The summed E-state index contributed by atoms with van der Waals surface area (Å²) < 4.78 is 0. The topological polar surface area (TPSA) is 75.0 Å². The van der Waals surface area contributed by atoms with E-state index in [9.17, 15) is 19.6 Å². The van der Waals surface area contributed by atoms with E-state index in [0.29, 0.717) is 6.42 Å². The molecule has 0 aromatic rings. The number of carbonyl (C=O) groups is 3. The second kappa shape index (κ2) is 11.0. The first kappa shape index (κ1) is 32.5. The van der Waals surface area contributed by atoms with E-state index in [2.05, 4.69) is 61.5 Å². The standard InChI is InChI=1S/C34H55NO3/c1-12-14-29(3,4)16-18-32(9,23-36)19-17-30(5,6)34(11)15-13-26-31(7,8)28(38)25(22-35)21-33(26,10)27(34)20-24(2)37/h21,23,26-27H,12-20H2,1-11H3/t26-,27+,32-,33-,34+/m0/s1.